The molecular weight excluding hydrogens is 198 g/mol. The van der Waals surface area contributed by atoms with E-state index in [4.69, 9.17) is 0 Å². The summed E-state index contributed by atoms with van der Waals surface area (Å²) in [6.07, 6.45) is 1.09. The summed E-state index contributed by atoms with van der Waals surface area (Å²) in [7, 11) is 0. The Balaban J connectivity index is 2.07. The van der Waals surface area contributed by atoms with Crippen LogP contribution in [0.5, 0.6) is 0 Å². The van der Waals surface area contributed by atoms with Crippen molar-refractivity contribution in [2.24, 2.45) is 5.92 Å². The number of hydrogen-bond acceptors (Lipinski definition) is 2. The first-order chi connectivity index (χ1) is 7.22. The van der Waals surface area contributed by atoms with Crippen molar-refractivity contribution >= 4 is 0 Å². The first-order valence-electron chi connectivity index (χ1n) is 5.93. The fourth-order valence-electron chi connectivity index (χ4n) is 2.05. The molecule has 1 saturated heterocycles. The number of nitrogens with zero attached hydrogens (tertiary/aromatic N) is 1. The number of likely N-dealkylation sites (tertiary alicyclic amines) is 1. The smallest absolute Gasteiger partial charge is 0.251 e. The molecule has 0 aromatic carbocycles. The average Bonchev–Trinajstić information content (AvgIpc) is 2.20. The third-order valence-corrected chi connectivity index (χ3v) is 2.96. The van der Waals surface area contributed by atoms with Gasteiger partial charge >= 0.3 is 0 Å². The van der Waals surface area contributed by atoms with Gasteiger partial charge in [0.15, 0.2) is 0 Å². The molecular formula is C11H22F2N2. The molecule has 15 heavy (non-hydrogen) atoms. The Bertz CT molecular complexity index is 157. The van der Waals surface area contributed by atoms with Crippen molar-refractivity contribution in [3.63, 3.8) is 0 Å². The minimum Gasteiger partial charge on any atom is -0.316 e. The van der Waals surface area contributed by atoms with Crippen LogP contribution in [0.1, 0.15) is 26.2 Å². The molecule has 1 N–H and O–H groups in total. The van der Waals surface area contributed by atoms with Gasteiger partial charge in [0.05, 0.1) is 6.54 Å². The maximum atomic E-state index is 12.1. The molecule has 0 spiro atoms. The first kappa shape index (κ1) is 12.8. The normalized spacial score (nSPS) is 20.0. The van der Waals surface area contributed by atoms with Gasteiger partial charge in [-0.3, -0.25) is 4.90 Å². The zero-order chi connectivity index (χ0) is 11.1. The largest absolute Gasteiger partial charge is 0.316 e. The molecule has 0 amide bonds. The average molecular weight is 220 g/mol. The van der Waals surface area contributed by atoms with Crippen LogP contribution in [0.3, 0.4) is 0 Å². The number of hydrogen-bond donors (Lipinski definition) is 1. The van der Waals surface area contributed by atoms with Crippen LogP contribution in [0, 0.1) is 5.92 Å². The van der Waals surface area contributed by atoms with Crippen molar-refractivity contribution in [3.8, 4) is 0 Å². The number of alkyl halides is 2. The fraction of sp³-hybridized carbons (Fsp3) is 1.00. The molecule has 0 atom stereocenters. The van der Waals surface area contributed by atoms with Gasteiger partial charge in [-0.2, -0.15) is 0 Å². The molecule has 0 radical (unpaired) electrons. The van der Waals surface area contributed by atoms with Crippen LogP contribution in [0.4, 0.5) is 8.78 Å². The summed E-state index contributed by atoms with van der Waals surface area (Å²) in [6.45, 7) is 5.90. The van der Waals surface area contributed by atoms with Crippen LogP contribution in [0.25, 0.3) is 0 Å². The lowest BCUT2D eigenvalue weighted by Crippen LogP contribution is -2.39. The van der Waals surface area contributed by atoms with Crippen LogP contribution in [0.2, 0.25) is 0 Å². The molecule has 1 heterocycles. The Kier molecular flexibility index (Phi) is 6.10. The molecule has 2 nitrogen and oxygen atoms in total. The van der Waals surface area contributed by atoms with E-state index in [0.717, 1.165) is 45.4 Å². The van der Waals surface area contributed by atoms with Crippen molar-refractivity contribution in [1.29, 1.82) is 0 Å². The summed E-state index contributed by atoms with van der Waals surface area (Å²) < 4.78 is 24.2. The second kappa shape index (κ2) is 7.12. The number of piperidine rings is 1. The van der Waals surface area contributed by atoms with E-state index in [1.165, 1.54) is 0 Å². The predicted molar refractivity (Wildman–Crippen MR) is 58.3 cm³/mol. The van der Waals surface area contributed by atoms with E-state index in [0.29, 0.717) is 5.92 Å². The SMILES string of the molecule is CCCNCC1CCN(CC(F)F)CC1. The van der Waals surface area contributed by atoms with Gasteiger partial charge in [0, 0.05) is 0 Å². The molecule has 90 valence electrons. The molecule has 1 rings (SSSR count). The quantitative estimate of drug-likeness (QED) is 0.688. The lowest BCUT2D eigenvalue weighted by Gasteiger charge is -2.31. The maximum absolute atomic E-state index is 12.1. The van der Waals surface area contributed by atoms with Gasteiger partial charge in [0.1, 0.15) is 0 Å². The zero-order valence-corrected chi connectivity index (χ0v) is 9.51. The lowest BCUT2D eigenvalue weighted by atomic mass is 9.97. The maximum Gasteiger partial charge on any atom is 0.251 e. The highest BCUT2D eigenvalue weighted by Crippen LogP contribution is 2.16. The molecule has 0 unspecified atom stereocenters. The molecule has 4 heteroatoms. The topological polar surface area (TPSA) is 15.3 Å². The van der Waals surface area contributed by atoms with E-state index < -0.39 is 6.43 Å². The van der Waals surface area contributed by atoms with E-state index in [9.17, 15) is 8.78 Å². The fourth-order valence-corrected chi connectivity index (χ4v) is 2.05. The van der Waals surface area contributed by atoms with Gasteiger partial charge in [-0.05, 0) is 51.4 Å². The first-order valence-corrected chi connectivity index (χ1v) is 5.93. The Hall–Kier alpha value is -0.220. The highest BCUT2D eigenvalue weighted by atomic mass is 19.3. The number of nitrogens with one attached hydrogen (secondary N) is 1. The number of halogens is 2. The Labute approximate surface area is 91.0 Å². The third kappa shape index (κ3) is 5.42. The second-order valence-electron chi connectivity index (χ2n) is 4.34. The van der Waals surface area contributed by atoms with Crippen LogP contribution < -0.4 is 5.32 Å². The predicted octanol–water partition coefficient (Wildman–Crippen LogP) is 1.96. The Morgan fingerprint density at radius 1 is 1.33 bits per heavy atom. The highest BCUT2D eigenvalue weighted by Gasteiger charge is 2.20. The van der Waals surface area contributed by atoms with Crippen LogP contribution in [-0.4, -0.2) is 44.0 Å². The van der Waals surface area contributed by atoms with Gasteiger partial charge in [-0.15, -0.1) is 0 Å². The minimum atomic E-state index is -2.18. The summed E-state index contributed by atoms with van der Waals surface area (Å²) in [6, 6.07) is 0. The highest BCUT2D eigenvalue weighted by molar-refractivity contribution is 4.74. The zero-order valence-electron chi connectivity index (χ0n) is 9.51. The third-order valence-electron chi connectivity index (χ3n) is 2.96. The van der Waals surface area contributed by atoms with Crippen molar-refractivity contribution in [1.82, 2.24) is 10.2 Å². The van der Waals surface area contributed by atoms with Crippen LogP contribution >= 0.6 is 0 Å². The molecule has 0 bridgehead atoms. The van der Waals surface area contributed by atoms with E-state index in [1.807, 2.05) is 4.90 Å². The van der Waals surface area contributed by atoms with Gasteiger partial charge in [-0.25, -0.2) is 8.78 Å². The summed E-state index contributed by atoms with van der Waals surface area (Å²) in [4.78, 5) is 1.88. The van der Waals surface area contributed by atoms with E-state index in [-0.39, 0.29) is 6.54 Å². The molecule has 0 aliphatic carbocycles. The van der Waals surface area contributed by atoms with Crippen LogP contribution in [-0.2, 0) is 0 Å². The molecule has 0 aromatic heterocycles. The lowest BCUT2D eigenvalue weighted by molar-refractivity contribution is 0.0690. The minimum absolute atomic E-state index is 0.0465. The Morgan fingerprint density at radius 3 is 2.53 bits per heavy atom. The second-order valence-corrected chi connectivity index (χ2v) is 4.34. The molecule has 1 aliphatic rings. The summed E-state index contributed by atoms with van der Waals surface area (Å²) in [5.41, 5.74) is 0. The van der Waals surface area contributed by atoms with Crippen molar-refractivity contribution < 1.29 is 8.78 Å². The van der Waals surface area contributed by atoms with Crippen molar-refractivity contribution in [3.05, 3.63) is 0 Å². The van der Waals surface area contributed by atoms with E-state index in [2.05, 4.69) is 12.2 Å². The molecule has 1 aliphatic heterocycles. The Morgan fingerprint density at radius 2 is 2.00 bits per heavy atom. The van der Waals surface area contributed by atoms with Gasteiger partial charge in [-0.1, -0.05) is 6.92 Å². The molecule has 0 saturated carbocycles. The van der Waals surface area contributed by atoms with Gasteiger partial charge in [0.25, 0.3) is 6.43 Å². The van der Waals surface area contributed by atoms with Crippen molar-refractivity contribution in [2.45, 2.75) is 32.6 Å². The monoisotopic (exact) mass is 220 g/mol. The summed E-state index contributed by atoms with van der Waals surface area (Å²) in [5, 5.41) is 3.39. The van der Waals surface area contributed by atoms with E-state index in [1.54, 1.807) is 0 Å². The molecule has 0 aromatic rings. The van der Waals surface area contributed by atoms with Crippen molar-refractivity contribution in [2.75, 3.05) is 32.7 Å². The van der Waals surface area contributed by atoms with Gasteiger partial charge in [0.2, 0.25) is 0 Å². The summed E-state index contributed by atoms with van der Waals surface area (Å²) in [5.74, 6) is 0.686. The van der Waals surface area contributed by atoms with Crippen LogP contribution in [0.15, 0.2) is 0 Å². The standard InChI is InChI=1S/C11H22F2N2/c1-2-5-14-8-10-3-6-15(7-4-10)9-11(12)13/h10-11,14H,2-9H2,1H3. The van der Waals surface area contributed by atoms with E-state index >= 15 is 0 Å². The summed E-state index contributed by atoms with van der Waals surface area (Å²) >= 11 is 0. The van der Waals surface area contributed by atoms with Gasteiger partial charge < -0.3 is 5.32 Å². The number of rotatable bonds is 6. The molecule has 1 fully saturated rings.